The Hall–Kier alpha value is -2.55. The van der Waals surface area contributed by atoms with Gasteiger partial charge in [0.25, 0.3) is 6.43 Å². The van der Waals surface area contributed by atoms with E-state index in [1.807, 2.05) is 0 Å². The summed E-state index contributed by atoms with van der Waals surface area (Å²) in [5.41, 5.74) is 0.128. The number of carbonyl (C=O) groups is 1. The van der Waals surface area contributed by atoms with Gasteiger partial charge in [-0.3, -0.25) is 0 Å². The summed E-state index contributed by atoms with van der Waals surface area (Å²) in [6.45, 7) is 5.12. The number of imidazole rings is 1. The van der Waals surface area contributed by atoms with Gasteiger partial charge in [-0.1, -0.05) is 11.6 Å². The second-order valence-corrected chi connectivity index (χ2v) is 7.86. The summed E-state index contributed by atoms with van der Waals surface area (Å²) in [5, 5.41) is 3.07. The van der Waals surface area contributed by atoms with Crippen LogP contribution in [-0.4, -0.2) is 40.9 Å². The summed E-state index contributed by atoms with van der Waals surface area (Å²) >= 11 is 6.03. The molecule has 0 bridgehead atoms. The lowest BCUT2D eigenvalue weighted by Crippen LogP contribution is -2.38. The van der Waals surface area contributed by atoms with Gasteiger partial charge in [-0.05, 0) is 39.0 Å². The lowest BCUT2D eigenvalue weighted by molar-refractivity contribution is 0.0420. The van der Waals surface area contributed by atoms with Gasteiger partial charge in [0.15, 0.2) is 11.8 Å². The summed E-state index contributed by atoms with van der Waals surface area (Å²) in [6, 6.07) is 3.77. The minimum Gasteiger partial charge on any atom is -0.494 e. The van der Waals surface area contributed by atoms with Crippen molar-refractivity contribution in [2.75, 3.05) is 13.2 Å². The van der Waals surface area contributed by atoms with E-state index in [1.54, 1.807) is 39.0 Å². The van der Waals surface area contributed by atoms with E-state index in [4.69, 9.17) is 25.8 Å². The standard InChI is InChI=1S/C19H22ClF2N3O4/c1-19(2,3)29-18(26)24-16(14-10-27-6-7-28-14)17-23-12-8-11(20)4-5-13(12)25(17)9-15(21)22/h4-5,8,10,15-16H,6-7,9H2,1-3H3,(H,24,26). The number of carbonyl (C=O) groups excluding carboxylic acids is 1. The number of hydrogen-bond acceptors (Lipinski definition) is 5. The molecule has 10 heteroatoms. The molecule has 3 rings (SSSR count). The quantitative estimate of drug-likeness (QED) is 0.762. The van der Waals surface area contributed by atoms with E-state index in [2.05, 4.69) is 10.3 Å². The zero-order valence-electron chi connectivity index (χ0n) is 16.2. The smallest absolute Gasteiger partial charge is 0.408 e. The van der Waals surface area contributed by atoms with E-state index in [0.29, 0.717) is 22.7 Å². The third kappa shape index (κ3) is 5.29. The second-order valence-electron chi connectivity index (χ2n) is 7.42. The zero-order valence-corrected chi connectivity index (χ0v) is 17.0. The predicted molar refractivity (Wildman–Crippen MR) is 103 cm³/mol. The molecule has 1 atom stereocenters. The van der Waals surface area contributed by atoms with Crippen LogP contribution in [0.25, 0.3) is 11.0 Å². The molecular weight excluding hydrogens is 408 g/mol. The fraction of sp³-hybridized carbons (Fsp3) is 0.474. The number of fused-ring (bicyclic) bond motifs is 1. The van der Waals surface area contributed by atoms with Crippen LogP contribution in [0.3, 0.4) is 0 Å². The van der Waals surface area contributed by atoms with Crippen molar-refractivity contribution >= 4 is 28.7 Å². The Kier molecular flexibility index (Phi) is 6.16. The molecule has 2 heterocycles. The number of alkyl carbamates (subject to hydrolysis) is 1. The van der Waals surface area contributed by atoms with E-state index < -0.39 is 30.7 Å². The normalized spacial score (nSPS) is 15.5. The largest absolute Gasteiger partial charge is 0.494 e. The Balaban J connectivity index is 2.07. The third-order valence-electron chi connectivity index (χ3n) is 3.93. The maximum Gasteiger partial charge on any atom is 0.408 e. The number of hydrogen-bond donors (Lipinski definition) is 1. The molecule has 1 N–H and O–H groups in total. The van der Waals surface area contributed by atoms with Crippen LogP contribution in [0, 0.1) is 0 Å². The number of benzene rings is 1. The van der Waals surface area contributed by atoms with Crippen molar-refractivity contribution in [3.8, 4) is 0 Å². The second kappa shape index (κ2) is 8.44. The number of nitrogens with one attached hydrogen (secondary N) is 1. The van der Waals surface area contributed by atoms with Crippen molar-refractivity contribution in [3.63, 3.8) is 0 Å². The molecule has 158 valence electrons. The van der Waals surface area contributed by atoms with Crippen molar-refractivity contribution in [1.29, 1.82) is 0 Å². The highest BCUT2D eigenvalue weighted by molar-refractivity contribution is 6.31. The maximum absolute atomic E-state index is 13.3. The van der Waals surface area contributed by atoms with Crippen molar-refractivity contribution in [2.24, 2.45) is 0 Å². The number of alkyl halides is 2. The summed E-state index contributed by atoms with van der Waals surface area (Å²) < 4.78 is 44.2. The molecule has 0 fully saturated rings. The van der Waals surface area contributed by atoms with E-state index >= 15 is 0 Å². The highest BCUT2D eigenvalue weighted by Gasteiger charge is 2.31. The number of nitrogens with zero attached hydrogens (tertiary/aromatic N) is 2. The van der Waals surface area contributed by atoms with Crippen molar-refractivity contribution in [3.05, 3.63) is 41.1 Å². The average molecular weight is 430 g/mol. The first kappa shape index (κ1) is 21.2. The fourth-order valence-corrected chi connectivity index (χ4v) is 3.06. The molecule has 0 spiro atoms. The lowest BCUT2D eigenvalue weighted by Gasteiger charge is -2.26. The molecular formula is C19H22ClF2N3O4. The summed E-state index contributed by atoms with van der Waals surface area (Å²) in [5.74, 6) is 0.393. The first-order valence-electron chi connectivity index (χ1n) is 9.02. The molecule has 1 aromatic heterocycles. The van der Waals surface area contributed by atoms with Crippen LogP contribution in [-0.2, 0) is 20.8 Å². The molecule has 7 nitrogen and oxygen atoms in total. The van der Waals surface area contributed by atoms with E-state index in [9.17, 15) is 13.6 Å². The molecule has 1 unspecified atom stereocenters. The van der Waals surface area contributed by atoms with E-state index in [-0.39, 0.29) is 18.2 Å². The summed E-state index contributed by atoms with van der Waals surface area (Å²) in [6.07, 6.45) is -2.04. The van der Waals surface area contributed by atoms with Crippen LogP contribution in [0.1, 0.15) is 32.6 Å². The third-order valence-corrected chi connectivity index (χ3v) is 4.17. The van der Waals surface area contributed by atoms with Crippen molar-refractivity contribution < 1.29 is 27.8 Å². The van der Waals surface area contributed by atoms with Crippen molar-refractivity contribution in [2.45, 2.75) is 45.4 Å². The molecule has 0 radical (unpaired) electrons. The molecule has 1 aliphatic rings. The molecule has 0 saturated heterocycles. The van der Waals surface area contributed by atoms with Gasteiger partial charge < -0.3 is 24.1 Å². The van der Waals surface area contributed by atoms with Crippen LogP contribution in [0.2, 0.25) is 5.02 Å². The molecule has 1 aromatic carbocycles. The SMILES string of the molecule is CC(C)(C)OC(=O)NC(C1=COCCO1)c1nc2cc(Cl)ccc2n1CC(F)F. The Morgan fingerprint density at radius 2 is 2.14 bits per heavy atom. The van der Waals surface area contributed by atoms with E-state index in [1.165, 1.54) is 10.8 Å². The van der Waals surface area contributed by atoms with Crippen LogP contribution < -0.4 is 5.32 Å². The molecule has 0 saturated carbocycles. The Morgan fingerprint density at radius 3 is 2.76 bits per heavy atom. The van der Waals surface area contributed by atoms with Crippen LogP contribution in [0.5, 0.6) is 0 Å². The first-order valence-corrected chi connectivity index (χ1v) is 9.39. The molecule has 0 aliphatic carbocycles. The number of rotatable bonds is 5. The topological polar surface area (TPSA) is 74.6 Å². The van der Waals surface area contributed by atoms with Gasteiger partial charge in [0.1, 0.15) is 30.9 Å². The molecule has 29 heavy (non-hydrogen) atoms. The molecule has 1 amide bonds. The van der Waals surface area contributed by atoms with Crippen LogP contribution in [0.15, 0.2) is 30.2 Å². The Morgan fingerprint density at radius 1 is 1.38 bits per heavy atom. The summed E-state index contributed by atoms with van der Waals surface area (Å²) in [4.78, 5) is 16.9. The monoisotopic (exact) mass is 429 g/mol. The van der Waals surface area contributed by atoms with Crippen LogP contribution >= 0.6 is 11.6 Å². The van der Waals surface area contributed by atoms with Gasteiger partial charge in [-0.25, -0.2) is 18.6 Å². The lowest BCUT2D eigenvalue weighted by atomic mass is 10.2. The number of ether oxygens (including phenoxy) is 3. The zero-order chi connectivity index (χ0) is 21.2. The van der Waals surface area contributed by atoms with Gasteiger partial charge in [0.05, 0.1) is 17.6 Å². The Bertz CT molecular complexity index is 924. The van der Waals surface area contributed by atoms with E-state index in [0.717, 1.165) is 0 Å². The predicted octanol–water partition coefficient (Wildman–Crippen LogP) is 4.41. The number of amides is 1. The minimum absolute atomic E-state index is 0.158. The molecule has 1 aliphatic heterocycles. The fourth-order valence-electron chi connectivity index (χ4n) is 2.89. The van der Waals surface area contributed by atoms with Gasteiger partial charge >= 0.3 is 6.09 Å². The Labute approximate surface area is 171 Å². The number of halogens is 3. The van der Waals surface area contributed by atoms with Gasteiger partial charge in [-0.2, -0.15) is 0 Å². The van der Waals surface area contributed by atoms with Gasteiger partial charge in [0.2, 0.25) is 0 Å². The number of aromatic nitrogens is 2. The summed E-state index contributed by atoms with van der Waals surface area (Å²) in [7, 11) is 0. The van der Waals surface area contributed by atoms with Gasteiger partial charge in [-0.15, -0.1) is 0 Å². The van der Waals surface area contributed by atoms with Crippen LogP contribution in [0.4, 0.5) is 13.6 Å². The highest BCUT2D eigenvalue weighted by Crippen LogP contribution is 2.30. The average Bonchev–Trinajstić information content (AvgIpc) is 2.95. The highest BCUT2D eigenvalue weighted by atomic mass is 35.5. The molecule has 2 aromatic rings. The first-order chi connectivity index (χ1) is 13.6. The van der Waals surface area contributed by atoms with Gasteiger partial charge in [0, 0.05) is 5.02 Å². The minimum atomic E-state index is -2.64. The van der Waals surface area contributed by atoms with Crippen molar-refractivity contribution in [1.82, 2.24) is 14.9 Å². The maximum atomic E-state index is 13.3.